The van der Waals surface area contributed by atoms with Crippen molar-refractivity contribution in [3.8, 4) is 6.07 Å². The lowest BCUT2D eigenvalue weighted by Crippen LogP contribution is -2.39. The number of likely N-dealkylation sites (N-methyl/N-ethyl adjacent to an activating group) is 1. The fourth-order valence-corrected chi connectivity index (χ4v) is 5.38. The van der Waals surface area contributed by atoms with Crippen LogP contribution in [0, 0.1) is 23.0 Å². The average molecular weight is 430 g/mol. The predicted molar refractivity (Wildman–Crippen MR) is 117 cm³/mol. The molecule has 0 bridgehead atoms. The molecule has 0 aromatic heterocycles. The molecule has 0 saturated heterocycles. The van der Waals surface area contributed by atoms with Gasteiger partial charge in [0.25, 0.3) is 0 Å². The van der Waals surface area contributed by atoms with E-state index in [2.05, 4.69) is 16.4 Å². The highest BCUT2D eigenvalue weighted by Gasteiger charge is 2.59. The maximum atomic E-state index is 15.3. The number of hydrogen-bond donors (Lipinski definition) is 2. The number of halogens is 2. The highest BCUT2D eigenvalue weighted by molar-refractivity contribution is 5.92. The topological polar surface area (TPSA) is 80.7 Å². The Hall–Kier alpha value is -3.54. The summed E-state index contributed by atoms with van der Waals surface area (Å²) in [5.41, 5.74) is 10.5. The number of nitriles is 1. The zero-order valence-electron chi connectivity index (χ0n) is 17.3. The van der Waals surface area contributed by atoms with Gasteiger partial charge in [0.15, 0.2) is 5.82 Å². The van der Waals surface area contributed by atoms with Crippen LogP contribution in [0.2, 0.25) is 0 Å². The van der Waals surface area contributed by atoms with Gasteiger partial charge in [-0.1, -0.05) is 18.2 Å². The first-order valence-corrected chi connectivity index (χ1v) is 10.5. The van der Waals surface area contributed by atoms with Gasteiger partial charge < -0.3 is 16.0 Å². The summed E-state index contributed by atoms with van der Waals surface area (Å²) in [4.78, 5) is 8.51. The fraction of sp³-hybridized carbons (Fsp3) is 0.250. The van der Waals surface area contributed by atoms with Crippen molar-refractivity contribution in [1.29, 1.82) is 5.26 Å². The zero-order valence-corrected chi connectivity index (χ0v) is 17.3. The van der Waals surface area contributed by atoms with Gasteiger partial charge in [-0.25, -0.2) is 8.78 Å². The van der Waals surface area contributed by atoms with Gasteiger partial charge in [-0.15, -0.1) is 0 Å². The number of anilines is 1. The molecule has 0 radical (unpaired) electrons. The van der Waals surface area contributed by atoms with Crippen molar-refractivity contribution in [2.45, 2.75) is 24.3 Å². The molecular weight excluding hydrogens is 410 g/mol. The van der Waals surface area contributed by atoms with Crippen molar-refractivity contribution in [1.82, 2.24) is 9.80 Å². The van der Waals surface area contributed by atoms with Crippen LogP contribution in [0.1, 0.15) is 34.3 Å². The van der Waals surface area contributed by atoms with Gasteiger partial charge in [0.2, 0.25) is 0 Å². The third-order valence-corrected chi connectivity index (χ3v) is 6.85. The average Bonchev–Trinajstić information content (AvgIpc) is 3.43. The summed E-state index contributed by atoms with van der Waals surface area (Å²) in [5.74, 6) is -1.84. The second-order valence-corrected chi connectivity index (χ2v) is 8.45. The van der Waals surface area contributed by atoms with E-state index in [1.165, 1.54) is 6.07 Å². The van der Waals surface area contributed by atoms with Crippen molar-refractivity contribution >= 4 is 17.5 Å². The minimum Gasteiger partial charge on any atom is -0.365 e. The summed E-state index contributed by atoms with van der Waals surface area (Å²) < 4.78 is 30.0. The molecule has 3 aliphatic heterocycles. The Morgan fingerprint density at radius 2 is 2.12 bits per heavy atom. The van der Waals surface area contributed by atoms with E-state index in [1.54, 1.807) is 12.3 Å². The number of rotatable bonds is 2. The lowest BCUT2D eigenvalue weighted by atomic mass is 9.92. The Kier molecular flexibility index (Phi) is 4.03. The predicted octanol–water partition coefficient (Wildman–Crippen LogP) is 3.27. The standard InChI is InChI=1S/C24H20F2N6/c1-31(11-28)24-18(12-5-2-3-6-16(12)30-24)20-17-13-9-15(25)14(10-27)21(26)19(13)23-29-7-4-8-32(23)22(17)20/h2-9,17,22-24,30H,11,28H2,1H3/b20-18+. The van der Waals surface area contributed by atoms with E-state index in [1.807, 2.05) is 47.3 Å². The lowest BCUT2D eigenvalue weighted by molar-refractivity contribution is 0.254. The van der Waals surface area contributed by atoms with Crippen LogP contribution in [0.15, 0.2) is 53.2 Å². The minimum absolute atomic E-state index is 0.0652. The molecule has 2 aromatic rings. The summed E-state index contributed by atoms with van der Waals surface area (Å²) in [6.45, 7) is 0.347. The Morgan fingerprint density at radius 1 is 1.31 bits per heavy atom. The van der Waals surface area contributed by atoms with E-state index in [0.717, 1.165) is 22.4 Å². The Morgan fingerprint density at radius 3 is 2.91 bits per heavy atom. The molecule has 2 aromatic carbocycles. The lowest BCUT2D eigenvalue weighted by Gasteiger charge is -2.35. The number of hydrogen-bond acceptors (Lipinski definition) is 6. The molecule has 1 fully saturated rings. The second-order valence-electron chi connectivity index (χ2n) is 8.45. The zero-order chi connectivity index (χ0) is 22.1. The summed E-state index contributed by atoms with van der Waals surface area (Å²) >= 11 is 0. The molecule has 6 nitrogen and oxygen atoms in total. The van der Waals surface area contributed by atoms with Crippen LogP contribution in [-0.4, -0.2) is 41.9 Å². The molecule has 1 aliphatic carbocycles. The van der Waals surface area contributed by atoms with E-state index in [-0.39, 0.29) is 23.7 Å². The van der Waals surface area contributed by atoms with Crippen LogP contribution < -0.4 is 11.1 Å². The summed E-state index contributed by atoms with van der Waals surface area (Å²) in [5, 5.41) is 12.8. The van der Waals surface area contributed by atoms with Gasteiger partial charge in [-0.2, -0.15) is 5.26 Å². The molecular formula is C24H20F2N6. The number of aliphatic imine (C=N–C) groups is 1. The maximum absolute atomic E-state index is 15.3. The molecule has 0 spiro atoms. The number of nitrogens with zero attached hydrogens (tertiary/aromatic N) is 4. The number of para-hydroxylation sites is 1. The molecule has 4 unspecified atom stereocenters. The molecule has 8 heteroatoms. The number of fused-ring (bicyclic) bond motifs is 7. The molecule has 0 amide bonds. The molecule has 3 heterocycles. The van der Waals surface area contributed by atoms with Gasteiger partial charge in [0, 0.05) is 47.4 Å². The molecule has 6 rings (SSSR count). The van der Waals surface area contributed by atoms with Crippen LogP contribution >= 0.6 is 0 Å². The quantitative estimate of drug-likeness (QED) is 0.715. The van der Waals surface area contributed by atoms with E-state index in [9.17, 15) is 9.65 Å². The Bertz CT molecular complexity index is 1290. The van der Waals surface area contributed by atoms with Crippen LogP contribution in [0.25, 0.3) is 5.57 Å². The van der Waals surface area contributed by atoms with Gasteiger partial charge in [0.1, 0.15) is 29.8 Å². The van der Waals surface area contributed by atoms with Crippen molar-refractivity contribution < 1.29 is 8.78 Å². The van der Waals surface area contributed by atoms with E-state index in [4.69, 9.17) is 5.73 Å². The van der Waals surface area contributed by atoms with Gasteiger partial charge in [-0.05, 0) is 36.4 Å². The van der Waals surface area contributed by atoms with E-state index >= 15 is 4.39 Å². The Balaban J connectivity index is 1.60. The van der Waals surface area contributed by atoms with Gasteiger partial charge in [-0.3, -0.25) is 9.89 Å². The van der Waals surface area contributed by atoms with Crippen molar-refractivity contribution in [2.24, 2.45) is 10.7 Å². The number of nitrogens with two attached hydrogens (primary N) is 1. The second kappa shape index (κ2) is 6.73. The number of benzene rings is 2. The summed E-state index contributed by atoms with van der Waals surface area (Å²) in [6, 6.07) is 11.0. The van der Waals surface area contributed by atoms with Crippen molar-refractivity contribution in [3.05, 3.63) is 82.1 Å². The first-order valence-electron chi connectivity index (χ1n) is 10.5. The fourth-order valence-electron chi connectivity index (χ4n) is 5.38. The van der Waals surface area contributed by atoms with E-state index in [0.29, 0.717) is 12.2 Å². The normalized spacial score (nSPS) is 28.6. The van der Waals surface area contributed by atoms with Gasteiger partial charge >= 0.3 is 0 Å². The van der Waals surface area contributed by atoms with Crippen LogP contribution in [0.5, 0.6) is 0 Å². The monoisotopic (exact) mass is 430 g/mol. The van der Waals surface area contributed by atoms with Crippen LogP contribution in [0.4, 0.5) is 14.5 Å². The first kappa shape index (κ1) is 19.2. The van der Waals surface area contributed by atoms with E-state index < -0.39 is 23.4 Å². The number of allylic oxidation sites excluding steroid dienone is 1. The van der Waals surface area contributed by atoms with Crippen molar-refractivity contribution in [3.63, 3.8) is 0 Å². The summed E-state index contributed by atoms with van der Waals surface area (Å²) in [6.07, 6.45) is 4.56. The highest BCUT2D eigenvalue weighted by Crippen LogP contribution is 2.63. The Labute approximate surface area is 183 Å². The number of nitrogens with one attached hydrogen (secondary N) is 1. The molecule has 3 N–H and O–H groups in total. The SMILES string of the molecule is CN(CN)C1Nc2ccccc2/C1=C1/C2c3cc(F)c(C#N)c(F)c3C3N=CC=CN3C12. The molecule has 4 atom stereocenters. The maximum Gasteiger partial charge on any atom is 0.151 e. The first-order chi connectivity index (χ1) is 15.6. The highest BCUT2D eigenvalue weighted by atomic mass is 19.1. The van der Waals surface area contributed by atoms with Gasteiger partial charge in [0.05, 0.1) is 6.04 Å². The third-order valence-electron chi connectivity index (χ3n) is 6.85. The molecule has 32 heavy (non-hydrogen) atoms. The van der Waals surface area contributed by atoms with Crippen LogP contribution in [-0.2, 0) is 0 Å². The smallest absolute Gasteiger partial charge is 0.151 e. The molecule has 4 aliphatic rings. The summed E-state index contributed by atoms with van der Waals surface area (Å²) in [7, 11) is 1.94. The molecule has 1 saturated carbocycles. The molecule has 160 valence electrons. The largest absolute Gasteiger partial charge is 0.365 e. The third kappa shape index (κ3) is 2.40. The minimum atomic E-state index is -0.830. The van der Waals surface area contributed by atoms with Crippen LogP contribution in [0.3, 0.4) is 0 Å². The van der Waals surface area contributed by atoms with Crippen molar-refractivity contribution in [2.75, 3.05) is 19.0 Å².